The van der Waals surface area contributed by atoms with Crippen molar-refractivity contribution in [3.63, 3.8) is 0 Å². The fourth-order valence-corrected chi connectivity index (χ4v) is 4.78. The Balaban J connectivity index is 1.63. The molecule has 184 valence electrons. The van der Waals surface area contributed by atoms with Gasteiger partial charge in [-0.1, -0.05) is 30.3 Å². The van der Waals surface area contributed by atoms with Gasteiger partial charge in [-0.05, 0) is 94.0 Å². The van der Waals surface area contributed by atoms with Gasteiger partial charge in [0.2, 0.25) is 5.76 Å². The molecule has 36 heavy (non-hydrogen) atoms. The summed E-state index contributed by atoms with van der Waals surface area (Å²) in [5.41, 5.74) is 3.54. The third-order valence-electron chi connectivity index (χ3n) is 6.74. The van der Waals surface area contributed by atoms with E-state index in [4.69, 9.17) is 9.15 Å². The summed E-state index contributed by atoms with van der Waals surface area (Å²) in [6.07, 6.45) is 0.773. The topological polar surface area (TPSA) is 63.0 Å². The standard InChI is InChI=1S/C30H30N2O4/c1-19-16-24-25(17-20(19)2)36-29-26(28(24)33)27(32(30(29)34)15-9-14-31(3)4)21-10-8-13-23(18-21)35-22-11-6-5-7-12-22/h5-8,10-13,16-18,27H,9,14-15H2,1-4H3/t27-/m0/s1. The van der Waals surface area contributed by atoms with Gasteiger partial charge in [-0.2, -0.15) is 0 Å². The average molecular weight is 483 g/mol. The van der Waals surface area contributed by atoms with Gasteiger partial charge in [0.05, 0.1) is 17.0 Å². The van der Waals surface area contributed by atoms with E-state index in [1.807, 2.05) is 94.7 Å². The second-order valence-electron chi connectivity index (χ2n) is 9.65. The number of fused-ring (bicyclic) bond motifs is 2. The molecule has 0 unspecified atom stereocenters. The van der Waals surface area contributed by atoms with E-state index in [0.29, 0.717) is 28.8 Å². The van der Waals surface area contributed by atoms with E-state index < -0.39 is 6.04 Å². The van der Waals surface area contributed by atoms with Gasteiger partial charge < -0.3 is 19.0 Å². The first-order valence-corrected chi connectivity index (χ1v) is 12.2. The van der Waals surface area contributed by atoms with Gasteiger partial charge in [0.25, 0.3) is 5.91 Å². The molecular weight excluding hydrogens is 452 g/mol. The molecular formula is C30H30N2O4. The van der Waals surface area contributed by atoms with E-state index in [1.165, 1.54) is 0 Å². The van der Waals surface area contributed by atoms with Gasteiger partial charge in [0.15, 0.2) is 5.43 Å². The van der Waals surface area contributed by atoms with E-state index >= 15 is 0 Å². The minimum absolute atomic E-state index is 0.139. The lowest BCUT2D eigenvalue weighted by Gasteiger charge is -2.26. The number of ether oxygens (including phenoxy) is 1. The van der Waals surface area contributed by atoms with Crippen LogP contribution >= 0.6 is 0 Å². The Labute approximate surface area is 210 Å². The smallest absolute Gasteiger partial charge is 0.290 e. The van der Waals surface area contributed by atoms with Crippen LogP contribution in [0.5, 0.6) is 11.5 Å². The van der Waals surface area contributed by atoms with Gasteiger partial charge in [-0.15, -0.1) is 0 Å². The third-order valence-corrected chi connectivity index (χ3v) is 6.74. The molecule has 3 aromatic carbocycles. The number of nitrogens with zero attached hydrogens (tertiary/aromatic N) is 2. The minimum Gasteiger partial charge on any atom is -0.457 e. The van der Waals surface area contributed by atoms with Gasteiger partial charge in [0, 0.05) is 6.54 Å². The maximum absolute atomic E-state index is 13.8. The highest BCUT2D eigenvalue weighted by molar-refractivity contribution is 5.99. The molecule has 1 atom stereocenters. The third kappa shape index (κ3) is 4.40. The van der Waals surface area contributed by atoms with Crippen LogP contribution in [0.4, 0.5) is 0 Å². The lowest BCUT2D eigenvalue weighted by atomic mass is 9.97. The number of benzene rings is 3. The quantitative estimate of drug-likeness (QED) is 0.338. The Kier molecular flexibility index (Phi) is 6.37. The predicted molar refractivity (Wildman–Crippen MR) is 141 cm³/mol. The average Bonchev–Trinajstić information content (AvgIpc) is 3.13. The Hall–Kier alpha value is -3.90. The normalized spacial score (nSPS) is 15.1. The number of carbonyl (C=O) groups excluding carboxylic acids is 1. The van der Waals surface area contributed by atoms with Crippen LogP contribution in [0.25, 0.3) is 11.0 Å². The summed E-state index contributed by atoms with van der Waals surface area (Å²) in [5, 5.41) is 0.501. The van der Waals surface area contributed by atoms with Crippen LogP contribution < -0.4 is 10.2 Å². The largest absolute Gasteiger partial charge is 0.457 e. The molecule has 0 fully saturated rings. The SMILES string of the molecule is Cc1cc2oc3c(c(=O)c2cc1C)[C@H](c1cccc(Oc2ccccc2)c1)N(CCCN(C)C)C3=O. The zero-order valence-electron chi connectivity index (χ0n) is 21.1. The fourth-order valence-electron chi connectivity index (χ4n) is 4.78. The van der Waals surface area contributed by atoms with E-state index in [2.05, 4.69) is 4.90 Å². The van der Waals surface area contributed by atoms with Crippen LogP contribution in [0.2, 0.25) is 0 Å². The van der Waals surface area contributed by atoms with E-state index in [-0.39, 0.29) is 17.1 Å². The van der Waals surface area contributed by atoms with Crippen molar-refractivity contribution in [2.45, 2.75) is 26.3 Å². The molecule has 0 saturated heterocycles. The molecule has 1 aliphatic rings. The molecule has 0 radical (unpaired) electrons. The van der Waals surface area contributed by atoms with Crippen molar-refractivity contribution >= 4 is 16.9 Å². The number of hydrogen-bond acceptors (Lipinski definition) is 5. The van der Waals surface area contributed by atoms with Gasteiger partial charge in [-0.25, -0.2) is 0 Å². The first-order valence-electron chi connectivity index (χ1n) is 12.2. The molecule has 0 saturated carbocycles. The summed E-state index contributed by atoms with van der Waals surface area (Å²) < 4.78 is 12.2. The van der Waals surface area contributed by atoms with Crippen molar-refractivity contribution in [3.05, 3.63) is 105 Å². The molecule has 6 nitrogen and oxygen atoms in total. The highest BCUT2D eigenvalue weighted by Gasteiger charge is 2.42. The lowest BCUT2D eigenvalue weighted by molar-refractivity contribution is 0.0722. The molecule has 1 amide bonds. The zero-order chi connectivity index (χ0) is 25.4. The van der Waals surface area contributed by atoms with E-state index in [1.54, 1.807) is 4.90 Å². The first kappa shape index (κ1) is 23.8. The van der Waals surface area contributed by atoms with Crippen molar-refractivity contribution in [3.8, 4) is 11.5 Å². The highest BCUT2D eigenvalue weighted by Crippen LogP contribution is 2.39. The summed E-state index contributed by atoms with van der Waals surface area (Å²) in [7, 11) is 4.01. The second kappa shape index (κ2) is 9.63. The number of para-hydroxylation sites is 1. The zero-order valence-corrected chi connectivity index (χ0v) is 21.1. The van der Waals surface area contributed by atoms with Crippen LogP contribution in [-0.4, -0.2) is 42.9 Å². The Morgan fingerprint density at radius 1 is 0.917 bits per heavy atom. The van der Waals surface area contributed by atoms with Crippen LogP contribution in [0, 0.1) is 13.8 Å². The monoisotopic (exact) mass is 482 g/mol. The molecule has 5 rings (SSSR count). The number of aryl methyl sites for hydroxylation is 2. The van der Waals surface area contributed by atoms with Crippen LogP contribution in [0.3, 0.4) is 0 Å². The molecule has 0 bridgehead atoms. The van der Waals surface area contributed by atoms with Crippen LogP contribution in [-0.2, 0) is 0 Å². The highest BCUT2D eigenvalue weighted by atomic mass is 16.5. The Bertz CT molecular complexity index is 1490. The van der Waals surface area contributed by atoms with Crippen LogP contribution in [0.1, 0.15) is 45.3 Å². The van der Waals surface area contributed by atoms with E-state index in [9.17, 15) is 9.59 Å². The maximum Gasteiger partial charge on any atom is 0.290 e. The first-order chi connectivity index (χ1) is 17.3. The van der Waals surface area contributed by atoms with Gasteiger partial charge in [-0.3, -0.25) is 9.59 Å². The van der Waals surface area contributed by atoms with Crippen molar-refractivity contribution in [2.75, 3.05) is 27.2 Å². The number of amides is 1. The summed E-state index contributed by atoms with van der Waals surface area (Å²) in [6, 6.07) is 20.3. The summed E-state index contributed by atoms with van der Waals surface area (Å²) >= 11 is 0. The van der Waals surface area contributed by atoms with Crippen LogP contribution in [0.15, 0.2) is 75.9 Å². The molecule has 6 heteroatoms. The molecule has 0 spiro atoms. The summed E-state index contributed by atoms with van der Waals surface area (Å²) in [6.45, 7) is 5.27. The van der Waals surface area contributed by atoms with Crippen molar-refractivity contribution in [1.29, 1.82) is 0 Å². The van der Waals surface area contributed by atoms with Crippen molar-refractivity contribution in [2.24, 2.45) is 0 Å². The van der Waals surface area contributed by atoms with Crippen molar-refractivity contribution < 1.29 is 13.9 Å². The van der Waals surface area contributed by atoms with Crippen molar-refractivity contribution in [1.82, 2.24) is 9.80 Å². The van der Waals surface area contributed by atoms with E-state index in [0.717, 1.165) is 35.4 Å². The number of carbonyl (C=O) groups is 1. The fraction of sp³-hybridized carbons (Fsp3) is 0.267. The molecule has 4 aromatic rings. The molecule has 2 heterocycles. The molecule has 1 aliphatic heterocycles. The second-order valence-corrected chi connectivity index (χ2v) is 9.65. The lowest BCUT2D eigenvalue weighted by Crippen LogP contribution is -2.32. The number of rotatable bonds is 7. The molecule has 0 aliphatic carbocycles. The Morgan fingerprint density at radius 2 is 1.64 bits per heavy atom. The predicted octanol–water partition coefficient (Wildman–Crippen LogP) is 5.70. The maximum atomic E-state index is 13.8. The van der Waals surface area contributed by atoms with Gasteiger partial charge >= 0.3 is 0 Å². The summed E-state index contributed by atoms with van der Waals surface area (Å²) in [5.74, 6) is 1.25. The summed E-state index contributed by atoms with van der Waals surface area (Å²) in [4.78, 5) is 31.3. The minimum atomic E-state index is -0.545. The number of hydrogen-bond donors (Lipinski definition) is 0. The van der Waals surface area contributed by atoms with Gasteiger partial charge in [0.1, 0.15) is 17.1 Å². The Morgan fingerprint density at radius 3 is 2.39 bits per heavy atom. The molecule has 1 aromatic heterocycles. The molecule has 0 N–H and O–H groups in total.